The standard InChI is InChI=1S/C19H19N5O4S/c1-12-8-9-16(27-2)15(10-12)24-19(21-22-23-24)29-11-17(25)20-14-7-5-4-6-13(14)18(26)28-3/h4-10H,11H2,1-3H3,(H,20,25). The van der Waals surface area contributed by atoms with E-state index < -0.39 is 5.97 Å². The molecule has 1 heterocycles. The molecule has 3 rings (SSSR count). The number of para-hydroxylation sites is 1. The van der Waals surface area contributed by atoms with Crippen LogP contribution in [0.2, 0.25) is 0 Å². The highest BCUT2D eigenvalue weighted by Gasteiger charge is 2.17. The average Bonchev–Trinajstić information content (AvgIpc) is 3.20. The van der Waals surface area contributed by atoms with Gasteiger partial charge in [0.2, 0.25) is 11.1 Å². The fourth-order valence-electron chi connectivity index (χ4n) is 2.58. The van der Waals surface area contributed by atoms with Crippen molar-refractivity contribution in [2.75, 3.05) is 25.3 Å². The molecule has 1 aromatic heterocycles. The number of rotatable bonds is 7. The molecule has 9 nitrogen and oxygen atoms in total. The Morgan fingerprint density at radius 2 is 1.97 bits per heavy atom. The van der Waals surface area contributed by atoms with Crippen LogP contribution in [0.25, 0.3) is 5.69 Å². The maximum atomic E-state index is 12.4. The minimum Gasteiger partial charge on any atom is -0.494 e. The van der Waals surface area contributed by atoms with Crippen LogP contribution in [0.5, 0.6) is 5.75 Å². The summed E-state index contributed by atoms with van der Waals surface area (Å²) in [5.74, 6) is -0.174. The highest BCUT2D eigenvalue weighted by atomic mass is 32.2. The maximum absolute atomic E-state index is 12.4. The molecular formula is C19H19N5O4S. The largest absolute Gasteiger partial charge is 0.494 e. The van der Waals surface area contributed by atoms with Crippen molar-refractivity contribution >= 4 is 29.3 Å². The lowest BCUT2D eigenvalue weighted by atomic mass is 10.2. The first-order valence-electron chi connectivity index (χ1n) is 8.57. The molecule has 0 saturated heterocycles. The zero-order valence-corrected chi connectivity index (χ0v) is 16.9. The number of thioether (sulfide) groups is 1. The van der Waals surface area contributed by atoms with Crippen molar-refractivity contribution < 1.29 is 19.1 Å². The Bertz CT molecular complexity index is 1040. The molecule has 0 saturated carbocycles. The van der Waals surface area contributed by atoms with Crippen LogP contribution in [-0.4, -0.2) is 52.1 Å². The quantitative estimate of drug-likeness (QED) is 0.465. The Morgan fingerprint density at radius 3 is 2.72 bits per heavy atom. The van der Waals surface area contributed by atoms with Crippen molar-refractivity contribution in [3.8, 4) is 11.4 Å². The van der Waals surface area contributed by atoms with Gasteiger partial charge in [0.05, 0.1) is 31.2 Å². The second kappa shape index (κ2) is 9.20. The molecule has 0 fully saturated rings. The number of aryl methyl sites for hydroxylation is 1. The number of hydrogen-bond donors (Lipinski definition) is 1. The van der Waals surface area contributed by atoms with E-state index in [2.05, 4.69) is 20.8 Å². The summed E-state index contributed by atoms with van der Waals surface area (Å²) in [5.41, 5.74) is 2.36. The molecule has 0 aliphatic carbocycles. The minimum absolute atomic E-state index is 0.0456. The highest BCUT2D eigenvalue weighted by Crippen LogP contribution is 2.27. The number of tetrazole rings is 1. The minimum atomic E-state index is -0.524. The van der Waals surface area contributed by atoms with Crippen LogP contribution in [0, 0.1) is 6.92 Å². The SMILES string of the molecule is COC(=O)c1ccccc1NC(=O)CSc1nnnn1-c1cc(C)ccc1OC. The van der Waals surface area contributed by atoms with Crippen LogP contribution in [0.4, 0.5) is 5.69 Å². The van der Waals surface area contributed by atoms with E-state index in [1.54, 1.807) is 31.4 Å². The second-order valence-corrected chi connectivity index (χ2v) is 6.87. The van der Waals surface area contributed by atoms with E-state index in [0.717, 1.165) is 17.3 Å². The number of methoxy groups -OCH3 is 2. The van der Waals surface area contributed by atoms with Crippen molar-refractivity contribution in [3.63, 3.8) is 0 Å². The first-order chi connectivity index (χ1) is 14.0. The zero-order valence-electron chi connectivity index (χ0n) is 16.1. The van der Waals surface area contributed by atoms with Crippen LogP contribution in [-0.2, 0) is 9.53 Å². The molecule has 2 aromatic carbocycles. The molecular weight excluding hydrogens is 394 g/mol. The van der Waals surface area contributed by atoms with Gasteiger partial charge in [-0.2, -0.15) is 4.68 Å². The lowest BCUT2D eigenvalue weighted by molar-refractivity contribution is -0.113. The van der Waals surface area contributed by atoms with Gasteiger partial charge in [-0.05, 0) is 47.2 Å². The number of amides is 1. The summed E-state index contributed by atoms with van der Waals surface area (Å²) < 4.78 is 11.6. The van der Waals surface area contributed by atoms with Gasteiger partial charge in [0.15, 0.2) is 0 Å². The molecule has 150 valence electrons. The predicted molar refractivity (Wildman–Crippen MR) is 108 cm³/mol. The molecule has 0 radical (unpaired) electrons. The van der Waals surface area contributed by atoms with Gasteiger partial charge in [-0.1, -0.05) is 30.0 Å². The fourth-order valence-corrected chi connectivity index (χ4v) is 3.27. The fraction of sp³-hybridized carbons (Fsp3) is 0.211. The maximum Gasteiger partial charge on any atom is 0.339 e. The Kier molecular flexibility index (Phi) is 6.45. The summed E-state index contributed by atoms with van der Waals surface area (Å²) in [6, 6.07) is 12.3. The van der Waals surface area contributed by atoms with Crippen LogP contribution in [0.3, 0.4) is 0 Å². The number of carbonyl (C=O) groups is 2. The molecule has 1 amide bonds. The monoisotopic (exact) mass is 413 g/mol. The second-order valence-electron chi connectivity index (χ2n) is 5.92. The first-order valence-corrected chi connectivity index (χ1v) is 9.55. The van der Waals surface area contributed by atoms with Crippen LogP contribution in [0.1, 0.15) is 15.9 Å². The molecule has 29 heavy (non-hydrogen) atoms. The van der Waals surface area contributed by atoms with Crippen molar-refractivity contribution in [2.45, 2.75) is 12.1 Å². The Balaban J connectivity index is 1.73. The van der Waals surface area contributed by atoms with Crippen LogP contribution < -0.4 is 10.1 Å². The lowest BCUT2D eigenvalue weighted by Crippen LogP contribution is -2.17. The number of carbonyl (C=O) groups excluding carboxylic acids is 2. The van der Waals surface area contributed by atoms with Crippen molar-refractivity contribution in [2.24, 2.45) is 0 Å². The van der Waals surface area contributed by atoms with Crippen LogP contribution >= 0.6 is 11.8 Å². The molecule has 1 N–H and O–H groups in total. The predicted octanol–water partition coefficient (Wildman–Crippen LogP) is 2.50. The van der Waals surface area contributed by atoms with E-state index in [-0.39, 0.29) is 17.2 Å². The molecule has 0 unspecified atom stereocenters. The average molecular weight is 413 g/mol. The third kappa shape index (κ3) is 4.72. The van der Waals surface area contributed by atoms with E-state index in [0.29, 0.717) is 22.3 Å². The van der Waals surface area contributed by atoms with E-state index in [1.807, 2.05) is 25.1 Å². The van der Waals surface area contributed by atoms with Gasteiger partial charge >= 0.3 is 5.97 Å². The number of nitrogens with zero attached hydrogens (tertiary/aromatic N) is 4. The van der Waals surface area contributed by atoms with Gasteiger partial charge in [0.25, 0.3) is 0 Å². The van der Waals surface area contributed by atoms with Gasteiger partial charge in [-0.15, -0.1) is 5.10 Å². The van der Waals surface area contributed by atoms with Gasteiger partial charge in [0, 0.05) is 0 Å². The summed E-state index contributed by atoms with van der Waals surface area (Å²) >= 11 is 1.16. The topological polar surface area (TPSA) is 108 Å². The Labute approximate surface area is 171 Å². The van der Waals surface area contributed by atoms with Gasteiger partial charge in [-0.25, -0.2) is 4.79 Å². The molecule has 0 bridgehead atoms. The smallest absolute Gasteiger partial charge is 0.339 e. The van der Waals surface area contributed by atoms with Crippen molar-refractivity contribution in [1.29, 1.82) is 0 Å². The number of ether oxygens (including phenoxy) is 2. The van der Waals surface area contributed by atoms with E-state index in [1.165, 1.54) is 11.8 Å². The molecule has 3 aromatic rings. The van der Waals surface area contributed by atoms with E-state index in [4.69, 9.17) is 9.47 Å². The molecule has 0 aliphatic heterocycles. The summed E-state index contributed by atoms with van der Waals surface area (Å²) in [6.45, 7) is 1.95. The number of aromatic nitrogens is 4. The van der Waals surface area contributed by atoms with E-state index in [9.17, 15) is 9.59 Å². The third-order valence-electron chi connectivity index (χ3n) is 3.94. The Hall–Kier alpha value is -3.40. The lowest BCUT2D eigenvalue weighted by Gasteiger charge is -2.11. The number of benzene rings is 2. The number of anilines is 1. The molecule has 10 heteroatoms. The zero-order chi connectivity index (χ0) is 20.8. The number of nitrogens with one attached hydrogen (secondary N) is 1. The van der Waals surface area contributed by atoms with Crippen molar-refractivity contribution in [1.82, 2.24) is 20.2 Å². The highest BCUT2D eigenvalue weighted by molar-refractivity contribution is 7.99. The molecule has 0 atom stereocenters. The van der Waals surface area contributed by atoms with Crippen molar-refractivity contribution in [3.05, 3.63) is 53.6 Å². The normalized spacial score (nSPS) is 10.4. The van der Waals surface area contributed by atoms with Crippen LogP contribution in [0.15, 0.2) is 47.6 Å². The molecule has 0 spiro atoms. The summed E-state index contributed by atoms with van der Waals surface area (Å²) in [7, 11) is 2.85. The van der Waals surface area contributed by atoms with E-state index >= 15 is 0 Å². The summed E-state index contributed by atoms with van der Waals surface area (Å²) in [4.78, 5) is 24.2. The Morgan fingerprint density at radius 1 is 1.17 bits per heavy atom. The van der Waals surface area contributed by atoms with Gasteiger partial charge < -0.3 is 14.8 Å². The summed E-state index contributed by atoms with van der Waals surface area (Å²) in [5, 5.41) is 14.9. The third-order valence-corrected chi connectivity index (χ3v) is 4.86. The van der Waals surface area contributed by atoms with Gasteiger partial charge in [-0.3, -0.25) is 4.79 Å². The summed E-state index contributed by atoms with van der Waals surface area (Å²) in [6.07, 6.45) is 0. The number of hydrogen-bond acceptors (Lipinski definition) is 8. The molecule has 0 aliphatic rings. The van der Waals surface area contributed by atoms with Gasteiger partial charge in [0.1, 0.15) is 11.4 Å². The number of esters is 1. The first kappa shape index (κ1) is 20.3.